The van der Waals surface area contributed by atoms with Gasteiger partial charge in [-0.15, -0.1) is 0 Å². The molecule has 1 amide bonds. The van der Waals surface area contributed by atoms with Gasteiger partial charge in [-0.25, -0.2) is 4.79 Å². The molecule has 0 bridgehead atoms. The number of ether oxygens (including phenoxy) is 1. The Labute approximate surface area is 172 Å². The Balaban J connectivity index is 1.71. The Morgan fingerprint density at radius 3 is 2.57 bits per heavy atom. The van der Waals surface area contributed by atoms with E-state index in [4.69, 9.17) is 9.15 Å². The summed E-state index contributed by atoms with van der Waals surface area (Å²) in [5.74, 6) is -1.65. The maximum Gasteiger partial charge on any atom is 0.342 e. The number of fused-ring (bicyclic) bond motifs is 2. The van der Waals surface area contributed by atoms with Crippen molar-refractivity contribution in [3.05, 3.63) is 52.2 Å². The summed E-state index contributed by atoms with van der Waals surface area (Å²) in [6.07, 6.45) is 1.43. The maximum atomic E-state index is 13.1. The van der Waals surface area contributed by atoms with Crippen LogP contribution in [0, 0.1) is 0 Å². The number of hydrogen-bond donors (Lipinski definition) is 0. The molecule has 0 saturated carbocycles. The van der Waals surface area contributed by atoms with Gasteiger partial charge in [-0.3, -0.25) is 24.3 Å². The van der Waals surface area contributed by atoms with Crippen molar-refractivity contribution >= 4 is 23.4 Å². The van der Waals surface area contributed by atoms with E-state index in [1.54, 1.807) is 17.9 Å². The Morgan fingerprint density at radius 1 is 1.17 bits per heavy atom. The number of piperazine rings is 1. The number of furan rings is 1. The zero-order valence-electron chi connectivity index (χ0n) is 16.8. The average molecular weight is 411 g/mol. The van der Waals surface area contributed by atoms with Crippen LogP contribution in [-0.4, -0.2) is 71.0 Å². The van der Waals surface area contributed by atoms with Crippen molar-refractivity contribution in [1.29, 1.82) is 0 Å². The van der Waals surface area contributed by atoms with E-state index in [9.17, 15) is 19.2 Å². The molecule has 2 aromatic heterocycles. The predicted octanol–water partition coefficient (Wildman–Crippen LogP) is 1.29. The number of aromatic nitrogens is 1. The van der Waals surface area contributed by atoms with Crippen molar-refractivity contribution in [2.24, 2.45) is 0 Å². The third kappa shape index (κ3) is 3.30. The normalized spacial score (nSPS) is 16.3. The van der Waals surface area contributed by atoms with E-state index in [1.165, 1.54) is 19.2 Å². The number of esters is 1. The summed E-state index contributed by atoms with van der Waals surface area (Å²) in [4.78, 5) is 58.0. The molecule has 3 heterocycles. The van der Waals surface area contributed by atoms with Crippen LogP contribution in [0.2, 0.25) is 0 Å². The molecule has 0 spiro atoms. The molecular formula is C21H21N3O6. The number of carbonyl (C=O) groups is 4. The molecule has 1 fully saturated rings. The van der Waals surface area contributed by atoms with Crippen LogP contribution >= 0.6 is 0 Å². The lowest BCUT2D eigenvalue weighted by Crippen LogP contribution is -2.47. The lowest BCUT2D eigenvalue weighted by atomic mass is 9.89. The minimum absolute atomic E-state index is 0.00275. The van der Waals surface area contributed by atoms with Gasteiger partial charge in [0.25, 0.3) is 0 Å². The molecular weight excluding hydrogens is 390 g/mol. The first kappa shape index (κ1) is 20.0. The van der Waals surface area contributed by atoms with Gasteiger partial charge in [-0.1, -0.05) is 0 Å². The molecule has 1 aliphatic carbocycles. The van der Waals surface area contributed by atoms with Gasteiger partial charge in [-0.2, -0.15) is 0 Å². The monoisotopic (exact) mass is 411 g/mol. The average Bonchev–Trinajstić information content (AvgIpc) is 3.12. The first-order valence-electron chi connectivity index (χ1n) is 9.77. The largest absolute Gasteiger partial charge is 0.462 e. The zero-order chi connectivity index (χ0) is 21.4. The van der Waals surface area contributed by atoms with Gasteiger partial charge in [0.1, 0.15) is 17.0 Å². The molecule has 2 aromatic rings. The van der Waals surface area contributed by atoms with Crippen LogP contribution in [0.4, 0.5) is 0 Å². The molecule has 1 aliphatic heterocycles. The van der Waals surface area contributed by atoms with E-state index in [2.05, 4.69) is 4.98 Å². The van der Waals surface area contributed by atoms with Crippen molar-refractivity contribution < 1.29 is 28.3 Å². The first-order chi connectivity index (χ1) is 14.4. The molecule has 9 heteroatoms. The number of carbonyl (C=O) groups excluding carboxylic acids is 4. The van der Waals surface area contributed by atoms with Crippen LogP contribution in [0.5, 0.6) is 0 Å². The van der Waals surface area contributed by atoms with Crippen molar-refractivity contribution in [3.63, 3.8) is 0 Å². The molecule has 0 atom stereocenters. The van der Waals surface area contributed by atoms with Gasteiger partial charge < -0.3 is 14.1 Å². The highest BCUT2D eigenvalue weighted by Gasteiger charge is 2.41. The van der Waals surface area contributed by atoms with Gasteiger partial charge in [0, 0.05) is 39.3 Å². The molecule has 30 heavy (non-hydrogen) atoms. The smallest absolute Gasteiger partial charge is 0.342 e. The van der Waals surface area contributed by atoms with Crippen molar-refractivity contribution in [2.75, 3.05) is 32.8 Å². The summed E-state index contributed by atoms with van der Waals surface area (Å²) in [5.41, 5.74) is 0.0567. The summed E-state index contributed by atoms with van der Waals surface area (Å²) in [6, 6.07) is 3.08. The summed E-state index contributed by atoms with van der Waals surface area (Å²) in [5, 5.41) is 0. The fourth-order valence-corrected chi connectivity index (χ4v) is 3.82. The Hall–Kier alpha value is -3.33. The van der Waals surface area contributed by atoms with E-state index in [0.29, 0.717) is 26.2 Å². The lowest BCUT2D eigenvalue weighted by molar-refractivity contribution is -0.130. The molecule has 4 rings (SSSR count). The molecule has 1 saturated heterocycles. The van der Waals surface area contributed by atoms with E-state index >= 15 is 0 Å². The summed E-state index contributed by atoms with van der Waals surface area (Å²) < 4.78 is 10.9. The number of amides is 1. The first-order valence-corrected chi connectivity index (χ1v) is 9.77. The van der Waals surface area contributed by atoms with Crippen molar-refractivity contribution in [1.82, 2.24) is 14.8 Å². The Kier molecular flexibility index (Phi) is 5.21. The highest BCUT2D eigenvalue weighted by atomic mass is 16.5. The predicted molar refractivity (Wildman–Crippen MR) is 103 cm³/mol. The van der Waals surface area contributed by atoms with Gasteiger partial charge in [0.2, 0.25) is 17.5 Å². The summed E-state index contributed by atoms with van der Waals surface area (Å²) in [6.45, 7) is 5.79. The van der Waals surface area contributed by atoms with E-state index < -0.39 is 17.5 Å². The standard InChI is InChI=1S/C21H21N3O6/c1-3-29-21(28)15-14(11-23-7-9-24(10-8-23)12(2)25)30-20-16(15)19(27)17-13(18(20)26)5-4-6-22-17/h4-6H,3,7-11H2,1-2H3. The second-order valence-electron chi connectivity index (χ2n) is 7.16. The third-order valence-corrected chi connectivity index (χ3v) is 5.35. The quantitative estimate of drug-likeness (QED) is 0.591. The number of rotatable bonds is 4. The molecule has 0 N–H and O–H groups in total. The summed E-state index contributed by atoms with van der Waals surface area (Å²) in [7, 11) is 0. The zero-order valence-corrected chi connectivity index (χ0v) is 16.8. The number of nitrogens with zero attached hydrogens (tertiary/aromatic N) is 3. The van der Waals surface area contributed by atoms with Gasteiger partial charge in [0.05, 0.1) is 24.3 Å². The van der Waals surface area contributed by atoms with Crippen LogP contribution in [0.3, 0.4) is 0 Å². The molecule has 156 valence electrons. The van der Waals surface area contributed by atoms with Gasteiger partial charge in [0.15, 0.2) is 5.76 Å². The highest BCUT2D eigenvalue weighted by Crippen LogP contribution is 2.33. The topological polar surface area (TPSA) is 110 Å². The van der Waals surface area contributed by atoms with Gasteiger partial charge >= 0.3 is 5.97 Å². The number of pyridine rings is 1. The van der Waals surface area contributed by atoms with Crippen molar-refractivity contribution in [3.8, 4) is 0 Å². The third-order valence-electron chi connectivity index (χ3n) is 5.35. The molecule has 2 aliphatic rings. The van der Waals surface area contributed by atoms with Gasteiger partial charge in [-0.05, 0) is 19.1 Å². The fraction of sp³-hybridized carbons (Fsp3) is 0.381. The van der Waals surface area contributed by atoms with Crippen LogP contribution in [0.1, 0.15) is 62.1 Å². The second kappa shape index (κ2) is 7.83. The second-order valence-corrected chi connectivity index (χ2v) is 7.16. The number of ketones is 2. The SMILES string of the molecule is CCOC(=O)c1c(CN2CCN(C(C)=O)CC2)oc2c1C(=O)c1ncccc1C2=O. The minimum atomic E-state index is -0.708. The van der Waals surface area contributed by atoms with Crippen LogP contribution in [-0.2, 0) is 16.1 Å². The number of hydrogen-bond acceptors (Lipinski definition) is 8. The summed E-state index contributed by atoms with van der Waals surface area (Å²) >= 11 is 0. The Morgan fingerprint density at radius 2 is 1.90 bits per heavy atom. The molecule has 9 nitrogen and oxygen atoms in total. The minimum Gasteiger partial charge on any atom is -0.462 e. The molecule has 0 radical (unpaired) electrons. The van der Waals surface area contributed by atoms with E-state index in [-0.39, 0.29) is 53.0 Å². The lowest BCUT2D eigenvalue weighted by Gasteiger charge is -2.33. The molecule has 0 unspecified atom stereocenters. The Bertz CT molecular complexity index is 1050. The van der Waals surface area contributed by atoms with Crippen LogP contribution < -0.4 is 0 Å². The fourth-order valence-electron chi connectivity index (χ4n) is 3.82. The maximum absolute atomic E-state index is 13.1. The van der Waals surface area contributed by atoms with Crippen molar-refractivity contribution in [2.45, 2.75) is 20.4 Å². The highest BCUT2D eigenvalue weighted by molar-refractivity contribution is 6.29. The van der Waals surface area contributed by atoms with Crippen LogP contribution in [0.15, 0.2) is 22.7 Å². The van der Waals surface area contributed by atoms with E-state index in [0.717, 1.165) is 0 Å². The van der Waals surface area contributed by atoms with Crippen LogP contribution in [0.25, 0.3) is 0 Å². The molecule has 0 aromatic carbocycles. The van der Waals surface area contributed by atoms with E-state index in [1.807, 2.05) is 4.90 Å².